The molecular formula is C40H84Ti. The molecule has 41 heavy (non-hydrogen) atoms. The Bertz CT molecular complexity index is 231. The second-order valence-electron chi connectivity index (χ2n) is 11.9. The van der Waals surface area contributed by atoms with Crippen molar-refractivity contribution in [2.75, 3.05) is 0 Å². The third kappa shape index (κ3) is 74.0. The molecule has 0 aliphatic rings. The summed E-state index contributed by atoms with van der Waals surface area (Å²) in [5.41, 5.74) is 0. The molecule has 0 spiro atoms. The van der Waals surface area contributed by atoms with Crippen molar-refractivity contribution in [3.8, 4) is 0 Å². The minimum atomic E-state index is 0. The standard InChI is InChI=1S/4C10H21.Ti/c4*1-3-5-7-9-10-8-6-4-2;/h4*1,3-10H2,2H3;/q4*-1;+4. The molecule has 0 aliphatic heterocycles. The van der Waals surface area contributed by atoms with Crippen molar-refractivity contribution in [1.82, 2.24) is 0 Å². The van der Waals surface area contributed by atoms with E-state index in [1.807, 2.05) is 0 Å². The average molecular weight is 613 g/mol. The van der Waals surface area contributed by atoms with Crippen LogP contribution in [0.15, 0.2) is 0 Å². The minimum Gasteiger partial charge on any atom is -0.343 e. The molecule has 0 fully saturated rings. The van der Waals surface area contributed by atoms with Gasteiger partial charge in [-0.05, 0) is 0 Å². The molecule has 248 valence electrons. The Hall–Kier alpha value is 0.714. The Labute approximate surface area is 281 Å². The number of hydrogen-bond acceptors (Lipinski definition) is 0. The number of hydrogen-bond donors (Lipinski definition) is 0. The van der Waals surface area contributed by atoms with Crippen molar-refractivity contribution in [3.05, 3.63) is 27.7 Å². The van der Waals surface area contributed by atoms with Crippen LogP contribution in [0, 0.1) is 27.7 Å². The van der Waals surface area contributed by atoms with Crippen LogP contribution in [-0.2, 0) is 21.7 Å². The molecule has 0 N–H and O–H groups in total. The second-order valence-corrected chi connectivity index (χ2v) is 11.9. The van der Waals surface area contributed by atoms with E-state index < -0.39 is 0 Å². The predicted molar refractivity (Wildman–Crippen MR) is 192 cm³/mol. The molecule has 0 aliphatic carbocycles. The largest absolute Gasteiger partial charge is 4.00 e. The van der Waals surface area contributed by atoms with Crippen molar-refractivity contribution < 1.29 is 21.7 Å². The smallest absolute Gasteiger partial charge is 0.343 e. The molecule has 0 unspecified atom stereocenters. The van der Waals surface area contributed by atoms with Crippen molar-refractivity contribution in [2.24, 2.45) is 0 Å². The maximum absolute atomic E-state index is 3.82. The van der Waals surface area contributed by atoms with E-state index in [0.717, 1.165) is 25.7 Å². The first kappa shape index (κ1) is 51.3. The summed E-state index contributed by atoms with van der Waals surface area (Å²) in [4.78, 5) is 0. The molecule has 0 nitrogen and oxygen atoms in total. The maximum Gasteiger partial charge on any atom is 4.00 e. The van der Waals surface area contributed by atoms with Crippen LogP contribution >= 0.6 is 0 Å². The van der Waals surface area contributed by atoms with Crippen molar-refractivity contribution in [2.45, 2.75) is 233 Å². The Kier molecular flexibility index (Phi) is 75.1. The third-order valence-corrected chi connectivity index (χ3v) is 7.41. The van der Waals surface area contributed by atoms with Crippen molar-refractivity contribution >= 4 is 0 Å². The van der Waals surface area contributed by atoms with Gasteiger partial charge in [-0.25, -0.2) is 0 Å². The summed E-state index contributed by atoms with van der Waals surface area (Å²) in [7, 11) is 0. The molecule has 0 radical (unpaired) electrons. The van der Waals surface area contributed by atoms with E-state index in [2.05, 4.69) is 55.4 Å². The number of unbranched alkanes of at least 4 members (excludes halogenated alkanes) is 28. The van der Waals surface area contributed by atoms with Crippen molar-refractivity contribution in [3.63, 3.8) is 0 Å². The first-order valence-electron chi connectivity index (χ1n) is 18.8. The molecule has 0 amide bonds. The van der Waals surface area contributed by atoms with Crippen LogP contribution in [0.4, 0.5) is 0 Å². The predicted octanol–water partition coefficient (Wildman–Crippen LogP) is 15.8. The molecule has 0 aromatic heterocycles. The summed E-state index contributed by atoms with van der Waals surface area (Å²) in [6, 6.07) is 0. The normalized spacial score (nSPS) is 9.95. The van der Waals surface area contributed by atoms with E-state index in [9.17, 15) is 0 Å². The molecule has 1 heteroatoms. The Morgan fingerprint density at radius 3 is 0.463 bits per heavy atom. The second kappa shape index (κ2) is 60.0. The van der Waals surface area contributed by atoms with Crippen molar-refractivity contribution in [1.29, 1.82) is 0 Å². The number of rotatable bonds is 28. The van der Waals surface area contributed by atoms with Crippen LogP contribution in [0.25, 0.3) is 0 Å². The van der Waals surface area contributed by atoms with Gasteiger partial charge in [-0.1, -0.05) is 207 Å². The van der Waals surface area contributed by atoms with Crippen LogP contribution in [0.1, 0.15) is 233 Å². The van der Waals surface area contributed by atoms with Crippen LogP contribution in [0.2, 0.25) is 0 Å². The zero-order chi connectivity index (χ0) is 30.6. The molecule has 0 aromatic carbocycles. The zero-order valence-electron chi connectivity index (χ0n) is 30.0. The summed E-state index contributed by atoms with van der Waals surface area (Å²) < 4.78 is 0. The van der Waals surface area contributed by atoms with E-state index in [1.54, 1.807) is 0 Å². The minimum absolute atomic E-state index is 0. The zero-order valence-corrected chi connectivity index (χ0v) is 31.5. The van der Waals surface area contributed by atoms with E-state index in [4.69, 9.17) is 0 Å². The topological polar surface area (TPSA) is 0 Å². The SMILES string of the molecule is [CH2-]CCCCCCCCC.[CH2-]CCCCCCCCC.[CH2-]CCCCCCCCC.[CH2-]CCCCCCCCC.[Ti+4]. The quantitative estimate of drug-likeness (QED) is 0.0468. The molecule has 0 bridgehead atoms. The van der Waals surface area contributed by atoms with E-state index >= 15 is 0 Å². The molecule has 0 saturated carbocycles. The Balaban J connectivity index is -0.000000139. The van der Waals surface area contributed by atoms with Gasteiger partial charge in [0.05, 0.1) is 0 Å². The van der Waals surface area contributed by atoms with Gasteiger partial charge >= 0.3 is 21.7 Å². The molecule has 0 atom stereocenters. The van der Waals surface area contributed by atoms with Gasteiger partial charge in [0.2, 0.25) is 0 Å². The van der Waals surface area contributed by atoms with Gasteiger partial charge in [-0.15, -0.1) is 0 Å². The first-order chi connectivity index (χ1) is 19.7. The Morgan fingerprint density at radius 2 is 0.341 bits per heavy atom. The van der Waals surface area contributed by atoms with Gasteiger partial charge in [0, 0.05) is 0 Å². The summed E-state index contributed by atoms with van der Waals surface area (Å²) in [5, 5.41) is 0. The van der Waals surface area contributed by atoms with Crippen LogP contribution in [0.3, 0.4) is 0 Å². The van der Waals surface area contributed by atoms with Gasteiger partial charge in [-0.2, -0.15) is 25.7 Å². The fourth-order valence-electron chi connectivity index (χ4n) is 4.54. The van der Waals surface area contributed by atoms with Gasteiger partial charge in [-0.3, -0.25) is 0 Å². The molecule has 0 rings (SSSR count). The Morgan fingerprint density at radius 1 is 0.220 bits per heavy atom. The average Bonchev–Trinajstić information content (AvgIpc) is 2.97. The van der Waals surface area contributed by atoms with Gasteiger partial charge in [0.1, 0.15) is 0 Å². The summed E-state index contributed by atoms with van der Waals surface area (Å²) in [6.45, 7) is 24.3. The van der Waals surface area contributed by atoms with E-state index in [1.165, 1.54) is 180 Å². The summed E-state index contributed by atoms with van der Waals surface area (Å²) >= 11 is 0. The van der Waals surface area contributed by atoms with Gasteiger partial charge in [0.25, 0.3) is 0 Å². The summed E-state index contributed by atoms with van der Waals surface area (Å²) in [6.07, 6.45) is 43.7. The maximum atomic E-state index is 3.82. The van der Waals surface area contributed by atoms with Crippen LogP contribution < -0.4 is 0 Å². The molecule has 0 aromatic rings. The van der Waals surface area contributed by atoms with Crippen LogP contribution in [-0.4, -0.2) is 0 Å². The van der Waals surface area contributed by atoms with E-state index in [0.29, 0.717) is 0 Å². The molecular weight excluding hydrogens is 528 g/mol. The molecule has 0 saturated heterocycles. The first-order valence-corrected chi connectivity index (χ1v) is 18.8. The van der Waals surface area contributed by atoms with E-state index in [-0.39, 0.29) is 21.7 Å². The molecule has 0 heterocycles. The van der Waals surface area contributed by atoms with Crippen LogP contribution in [0.5, 0.6) is 0 Å². The van der Waals surface area contributed by atoms with Gasteiger partial charge < -0.3 is 27.7 Å². The fraction of sp³-hybridized carbons (Fsp3) is 0.900. The van der Waals surface area contributed by atoms with Gasteiger partial charge in [0.15, 0.2) is 0 Å². The third-order valence-electron chi connectivity index (χ3n) is 7.41. The summed E-state index contributed by atoms with van der Waals surface area (Å²) in [5.74, 6) is 0. The monoisotopic (exact) mass is 613 g/mol. The fourth-order valence-corrected chi connectivity index (χ4v) is 4.54.